The van der Waals surface area contributed by atoms with Gasteiger partial charge in [0.25, 0.3) is 0 Å². The second kappa shape index (κ2) is 6.91. The Morgan fingerprint density at radius 3 is 3.04 bits per heavy atom. The number of nitrogens with one attached hydrogen (secondary N) is 3. The summed E-state index contributed by atoms with van der Waals surface area (Å²) in [6.07, 6.45) is 1.57. The van der Waals surface area contributed by atoms with E-state index in [0.29, 0.717) is 24.7 Å². The van der Waals surface area contributed by atoms with Crippen LogP contribution >= 0.6 is 11.6 Å². The average molecular weight is 351 g/mol. The summed E-state index contributed by atoms with van der Waals surface area (Å²) in [7, 11) is 3.58. The number of hydrogen-bond acceptors (Lipinski definition) is 4. The molecule has 1 amide bonds. The van der Waals surface area contributed by atoms with Crippen LogP contribution in [0.2, 0.25) is 0 Å². The molecule has 0 spiro atoms. The van der Waals surface area contributed by atoms with E-state index in [1.165, 1.54) is 5.56 Å². The smallest absolute Gasteiger partial charge is 0.408 e. The van der Waals surface area contributed by atoms with Crippen molar-refractivity contribution in [2.45, 2.75) is 12.8 Å². The van der Waals surface area contributed by atoms with Crippen molar-refractivity contribution in [3.63, 3.8) is 0 Å². The number of halogens is 1. The number of aromatic amines is 1. The maximum absolute atomic E-state index is 12.3. The fraction of sp³-hybridized carbons (Fsp3) is 0.471. The monoisotopic (exact) mass is 350 g/mol. The molecule has 1 unspecified atom stereocenters. The molecule has 0 saturated heterocycles. The van der Waals surface area contributed by atoms with Crippen LogP contribution in [0, 0.1) is 6.92 Å². The van der Waals surface area contributed by atoms with Crippen molar-refractivity contribution in [1.82, 2.24) is 15.2 Å². The number of carbonyl (C=O) groups is 1. The van der Waals surface area contributed by atoms with E-state index in [9.17, 15) is 4.79 Å². The Hall–Kier alpha value is -1.92. The zero-order chi connectivity index (χ0) is 17.3. The molecule has 1 aromatic carbocycles. The SMILES string of the molecule is CNCCN(C)C(=O)Oc1cc2c(c3c(C)c[nH]c13)C(CCl)CN2. The molecule has 3 rings (SSSR count). The number of alkyl halides is 1. The van der Waals surface area contributed by atoms with Gasteiger partial charge < -0.3 is 25.3 Å². The summed E-state index contributed by atoms with van der Waals surface area (Å²) < 4.78 is 5.65. The van der Waals surface area contributed by atoms with Gasteiger partial charge in [0.1, 0.15) is 0 Å². The molecule has 1 atom stereocenters. The molecule has 130 valence electrons. The highest BCUT2D eigenvalue weighted by molar-refractivity contribution is 6.18. The lowest BCUT2D eigenvalue weighted by molar-refractivity contribution is 0.164. The Kier molecular flexibility index (Phi) is 4.87. The highest BCUT2D eigenvalue weighted by atomic mass is 35.5. The number of likely N-dealkylation sites (N-methyl/N-ethyl adjacent to an activating group) is 2. The maximum atomic E-state index is 12.3. The van der Waals surface area contributed by atoms with Crippen molar-refractivity contribution in [3.05, 3.63) is 23.4 Å². The quantitative estimate of drug-likeness (QED) is 0.725. The fourth-order valence-corrected chi connectivity index (χ4v) is 3.40. The molecule has 2 aromatic rings. The largest absolute Gasteiger partial charge is 0.415 e. The van der Waals surface area contributed by atoms with Gasteiger partial charge in [0.05, 0.1) is 5.52 Å². The average Bonchev–Trinajstić information content (AvgIpc) is 3.15. The summed E-state index contributed by atoms with van der Waals surface area (Å²) in [5, 5.41) is 7.49. The van der Waals surface area contributed by atoms with Crippen LogP contribution in [-0.2, 0) is 0 Å². The molecule has 0 bridgehead atoms. The lowest BCUT2D eigenvalue weighted by atomic mass is 9.97. The van der Waals surface area contributed by atoms with E-state index in [0.717, 1.165) is 28.7 Å². The number of benzene rings is 1. The third-order valence-corrected chi connectivity index (χ3v) is 4.87. The Balaban J connectivity index is 1.96. The van der Waals surface area contributed by atoms with Crippen molar-refractivity contribution in [2.24, 2.45) is 0 Å². The molecule has 0 saturated carbocycles. The third-order valence-electron chi connectivity index (χ3n) is 4.50. The molecule has 1 aliphatic rings. The van der Waals surface area contributed by atoms with E-state index in [-0.39, 0.29) is 12.0 Å². The van der Waals surface area contributed by atoms with E-state index in [2.05, 4.69) is 15.6 Å². The van der Waals surface area contributed by atoms with Gasteiger partial charge in [-0.2, -0.15) is 0 Å². The maximum Gasteiger partial charge on any atom is 0.415 e. The van der Waals surface area contributed by atoms with Crippen molar-refractivity contribution in [2.75, 3.05) is 44.9 Å². The highest BCUT2D eigenvalue weighted by Gasteiger charge is 2.28. The van der Waals surface area contributed by atoms with Gasteiger partial charge in [-0.15, -0.1) is 11.6 Å². The molecule has 3 N–H and O–H groups in total. The summed E-state index contributed by atoms with van der Waals surface area (Å²) in [6.45, 7) is 4.15. The van der Waals surface area contributed by atoms with Crippen LogP contribution in [0.1, 0.15) is 17.0 Å². The van der Waals surface area contributed by atoms with E-state index in [1.54, 1.807) is 11.9 Å². The molecule has 1 aromatic heterocycles. The molecule has 1 aliphatic heterocycles. The van der Waals surface area contributed by atoms with E-state index >= 15 is 0 Å². The standard InChI is InChI=1S/C17H23ClN4O2/c1-10-8-21-16-13(24-17(23)22(3)5-4-19-2)6-12-15(14(10)16)11(7-18)9-20-12/h6,8,11,19-21H,4-5,7,9H2,1-3H3. The number of fused-ring (bicyclic) bond motifs is 3. The minimum Gasteiger partial charge on any atom is -0.408 e. The molecule has 24 heavy (non-hydrogen) atoms. The zero-order valence-electron chi connectivity index (χ0n) is 14.2. The van der Waals surface area contributed by atoms with Gasteiger partial charge in [0, 0.05) is 61.8 Å². The molecule has 7 heteroatoms. The van der Waals surface area contributed by atoms with Crippen LogP contribution in [0.3, 0.4) is 0 Å². The van der Waals surface area contributed by atoms with Crippen LogP contribution in [0.25, 0.3) is 10.9 Å². The molecule has 0 aliphatic carbocycles. The number of hydrogen-bond donors (Lipinski definition) is 3. The van der Waals surface area contributed by atoms with Crippen molar-refractivity contribution >= 4 is 34.3 Å². The number of carbonyl (C=O) groups excluding carboxylic acids is 1. The van der Waals surface area contributed by atoms with E-state index in [4.69, 9.17) is 16.3 Å². The van der Waals surface area contributed by atoms with Crippen LogP contribution in [0.4, 0.5) is 10.5 Å². The van der Waals surface area contributed by atoms with Crippen LogP contribution in [-0.4, -0.2) is 55.6 Å². The van der Waals surface area contributed by atoms with Crippen LogP contribution in [0.5, 0.6) is 5.75 Å². The second-order valence-electron chi connectivity index (χ2n) is 6.18. The Bertz CT molecular complexity index is 759. The second-order valence-corrected chi connectivity index (χ2v) is 6.49. The summed E-state index contributed by atoms with van der Waals surface area (Å²) >= 11 is 6.12. The number of nitrogens with zero attached hydrogens (tertiary/aromatic N) is 1. The first kappa shape index (κ1) is 16.9. The number of rotatable bonds is 5. The van der Waals surface area contributed by atoms with Gasteiger partial charge in [-0.25, -0.2) is 4.79 Å². The van der Waals surface area contributed by atoms with Crippen LogP contribution < -0.4 is 15.4 Å². The number of aryl methyl sites for hydroxylation is 1. The summed E-state index contributed by atoms with van der Waals surface area (Å²) in [6, 6.07) is 1.89. The molecule has 0 fully saturated rings. The van der Waals surface area contributed by atoms with Gasteiger partial charge in [-0.3, -0.25) is 0 Å². The van der Waals surface area contributed by atoms with E-state index < -0.39 is 0 Å². The molecule has 0 radical (unpaired) electrons. The Labute approximate surface area is 146 Å². The number of H-pyrrole nitrogens is 1. The van der Waals surface area contributed by atoms with Gasteiger partial charge in [-0.05, 0) is 25.1 Å². The first-order chi connectivity index (χ1) is 11.6. The number of ether oxygens (including phenoxy) is 1. The number of anilines is 1. The topological polar surface area (TPSA) is 69.4 Å². The lowest BCUT2D eigenvalue weighted by Crippen LogP contribution is -2.34. The minimum absolute atomic E-state index is 0.265. The number of aromatic nitrogens is 1. The molecule has 2 heterocycles. The minimum atomic E-state index is -0.370. The predicted molar refractivity (Wildman–Crippen MR) is 97.6 cm³/mol. The Morgan fingerprint density at radius 2 is 2.33 bits per heavy atom. The van der Waals surface area contributed by atoms with E-state index in [1.807, 2.05) is 26.2 Å². The van der Waals surface area contributed by atoms with Gasteiger partial charge >= 0.3 is 6.09 Å². The summed E-state index contributed by atoms with van der Waals surface area (Å²) in [4.78, 5) is 17.1. The lowest BCUT2D eigenvalue weighted by Gasteiger charge is -2.18. The summed E-state index contributed by atoms with van der Waals surface area (Å²) in [5.41, 5.74) is 4.18. The first-order valence-electron chi connectivity index (χ1n) is 8.08. The molecule has 6 nitrogen and oxygen atoms in total. The normalized spacial score (nSPS) is 16.1. The first-order valence-corrected chi connectivity index (χ1v) is 8.62. The number of amides is 1. The Morgan fingerprint density at radius 1 is 1.54 bits per heavy atom. The molecular weight excluding hydrogens is 328 g/mol. The highest BCUT2D eigenvalue weighted by Crippen LogP contribution is 2.43. The fourth-order valence-electron chi connectivity index (χ4n) is 3.14. The zero-order valence-corrected chi connectivity index (χ0v) is 15.0. The van der Waals surface area contributed by atoms with Gasteiger partial charge in [0.2, 0.25) is 0 Å². The van der Waals surface area contributed by atoms with Crippen molar-refractivity contribution in [1.29, 1.82) is 0 Å². The summed E-state index contributed by atoms with van der Waals surface area (Å²) in [5.74, 6) is 1.37. The van der Waals surface area contributed by atoms with Crippen molar-refractivity contribution < 1.29 is 9.53 Å². The van der Waals surface area contributed by atoms with Gasteiger partial charge in [0.15, 0.2) is 5.75 Å². The van der Waals surface area contributed by atoms with Crippen LogP contribution in [0.15, 0.2) is 12.3 Å². The van der Waals surface area contributed by atoms with Crippen molar-refractivity contribution in [3.8, 4) is 5.75 Å². The third kappa shape index (κ3) is 2.91. The predicted octanol–water partition coefficient (Wildman–Crippen LogP) is 2.87. The molecular formula is C17H23ClN4O2. The van der Waals surface area contributed by atoms with Gasteiger partial charge in [-0.1, -0.05) is 0 Å².